The minimum atomic E-state index is 0. The molecule has 1 N–H and O–H groups in total. The Morgan fingerprint density at radius 3 is 2.38 bits per heavy atom. The van der Waals surface area contributed by atoms with Gasteiger partial charge in [0.1, 0.15) is 5.82 Å². The van der Waals surface area contributed by atoms with Crippen LogP contribution in [0.2, 0.25) is 0 Å². The second-order valence-corrected chi connectivity index (χ2v) is 5.55. The molecule has 0 spiro atoms. The second kappa shape index (κ2) is 9.46. The van der Waals surface area contributed by atoms with Crippen LogP contribution >= 0.6 is 24.0 Å². The van der Waals surface area contributed by atoms with E-state index in [4.69, 9.17) is 0 Å². The van der Waals surface area contributed by atoms with Crippen molar-refractivity contribution in [2.45, 2.75) is 6.54 Å². The van der Waals surface area contributed by atoms with Gasteiger partial charge in [0.15, 0.2) is 5.96 Å². The monoisotopic (exact) mass is 437 g/mol. The lowest BCUT2D eigenvalue weighted by Gasteiger charge is -2.37. The van der Waals surface area contributed by atoms with E-state index in [0.29, 0.717) is 0 Å². The molecule has 1 aromatic heterocycles. The number of aliphatic imine (C=N–C) groups is 1. The zero-order valence-corrected chi connectivity index (χ0v) is 16.3. The fourth-order valence-electron chi connectivity index (χ4n) is 2.80. The molecule has 128 valence electrons. The van der Waals surface area contributed by atoms with Crippen LogP contribution in [0.3, 0.4) is 0 Å². The molecule has 1 aliphatic rings. The van der Waals surface area contributed by atoms with Crippen molar-refractivity contribution in [1.29, 1.82) is 0 Å². The molecule has 0 atom stereocenters. The van der Waals surface area contributed by atoms with Gasteiger partial charge in [0, 0.05) is 46.0 Å². The summed E-state index contributed by atoms with van der Waals surface area (Å²) in [6.07, 6.45) is 1.85. The van der Waals surface area contributed by atoms with Gasteiger partial charge in [-0.2, -0.15) is 0 Å². The van der Waals surface area contributed by atoms with Crippen LogP contribution in [0, 0.1) is 0 Å². The third-order valence-corrected chi connectivity index (χ3v) is 4.06. The molecule has 0 bridgehead atoms. The molecular weight excluding hydrogens is 413 g/mol. The predicted molar refractivity (Wildman–Crippen MR) is 110 cm³/mol. The second-order valence-electron chi connectivity index (χ2n) is 5.55. The van der Waals surface area contributed by atoms with Crippen LogP contribution in [0.1, 0.15) is 5.56 Å². The minimum Gasteiger partial charge on any atom is -0.353 e. The number of aromatic nitrogens is 1. The van der Waals surface area contributed by atoms with Gasteiger partial charge in [0.25, 0.3) is 0 Å². The molecule has 1 aromatic carbocycles. The summed E-state index contributed by atoms with van der Waals surface area (Å²) in [5.41, 5.74) is 1.26. The van der Waals surface area contributed by atoms with Crippen LogP contribution in [0.4, 0.5) is 5.82 Å². The van der Waals surface area contributed by atoms with E-state index in [1.54, 1.807) is 0 Å². The van der Waals surface area contributed by atoms with Crippen molar-refractivity contribution in [3.63, 3.8) is 0 Å². The highest BCUT2D eigenvalue weighted by atomic mass is 127. The van der Waals surface area contributed by atoms with E-state index in [1.165, 1.54) is 5.56 Å². The van der Waals surface area contributed by atoms with Gasteiger partial charge < -0.3 is 15.1 Å². The summed E-state index contributed by atoms with van der Waals surface area (Å²) in [5, 5.41) is 3.45. The summed E-state index contributed by atoms with van der Waals surface area (Å²) in [6, 6.07) is 16.5. The average Bonchev–Trinajstić information content (AvgIpc) is 2.64. The summed E-state index contributed by atoms with van der Waals surface area (Å²) in [7, 11) is 1.85. The van der Waals surface area contributed by atoms with E-state index < -0.39 is 0 Å². The predicted octanol–water partition coefficient (Wildman–Crippen LogP) is 2.60. The fraction of sp³-hybridized carbons (Fsp3) is 0.333. The topological polar surface area (TPSA) is 43.8 Å². The number of hydrogen-bond acceptors (Lipinski definition) is 3. The highest BCUT2D eigenvalue weighted by Gasteiger charge is 2.20. The summed E-state index contributed by atoms with van der Waals surface area (Å²) in [4.78, 5) is 13.5. The van der Waals surface area contributed by atoms with Crippen molar-refractivity contribution >= 4 is 35.8 Å². The maximum atomic E-state index is 4.43. The van der Waals surface area contributed by atoms with E-state index in [-0.39, 0.29) is 24.0 Å². The average molecular weight is 437 g/mol. The Morgan fingerprint density at radius 1 is 1.04 bits per heavy atom. The number of guanidine groups is 1. The summed E-state index contributed by atoms with van der Waals surface area (Å²) >= 11 is 0. The SMILES string of the molecule is CN=C(NCc1ccccc1)N1CCN(c2ccccn2)CC1.I. The number of anilines is 1. The molecule has 3 rings (SSSR count). The van der Waals surface area contributed by atoms with E-state index in [0.717, 1.165) is 44.5 Å². The molecule has 5 nitrogen and oxygen atoms in total. The van der Waals surface area contributed by atoms with Crippen LogP contribution in [0.25, 0.3) is 0 Å². The van der Waals surface area contributed by atoms with Crippen molar-refractivity contribution in [2.24, 2.45) is 4.99 Å². The lowest BCUT2D eigenvalue weighted by Crippen LogP contribution is -2.52. The molecule has 0 amide bonds. The fourth-order valence-corrected chi connectivity index (χ4v) is 2.80. The molecule has 2 aromatic rings. The van der Waals surface area contributed by atoms with Gasteiger partial charge in [-0.15, -0.1) is 24.0 Å². The van der Waals surface area contributed by atoms with Gasteiger partial charge in [-0.05, 0) is 17.7 Å². The van der Waals surface area contributed by atoms with Crippen LogP contribution in [0.15, 0.2) is 59.7 Å². The number of halogens is 1. The zero-order valence-electron chi connectivity index (χ0n) is 13.9. The Kier molecular flexibility index (Phi) is 7.30. The molecule has 2 heterocycles. The first-order valence-corrected chi connectivity index (χ1v) is 8.02. The number of benzene rings is 1. The van der Waals surface area contributed by atoms with Crippen molar-refractivity contribution in [1.82, 2.24) is 15.2 Å². The number of rotatable bonds is 3. The molecule has 0 unspecified atom stereocenters. The Balaban J connectivity index is 0.00000208. The number of nitrogens with zero attached hydrogens (tertiary/aromatic N) is 4. The third-order valence-electron chi connectivity index (χ3n) is 4.06. The van der Waals surface area contributed by atoms with Gasteiger partial charge in [0.2, 0.25) is 0 Å². The molecule has 1 saturated heterocycles. The van der Waals surface area contributed by atoms with Crippen LogP contribution in [0.5, 0.6) is 0 Å². The molecule has 1 fully saturated rings. The lowest BCUT2D eigenvalue weighted by molar-refractivity contribution is 0.371. The summed E-state index contributed by atoms with van der Waals surface area (Å²) in [6.45, 7) is 4.62. The first-order chi connectivity index (χ1) is 11.4. The Bertz CT molecular complexity index is 624. The minimum absolute atomic E-state index is 0. The maximum absolute atomic E-state index is 4.43. The highest BCUT2D eigenvalue weighted by molar-refractivity contribution is 14.0. The highest BCUT2D eigenvalue weighted by Crippen LogP contribution is 2.12. The van der Waals surface area contributed by atoms with Gasteiger partial charge in [-0.25, -0.2) is 4.98 Å². The molecule has 0 aliphatic carbocycles. The standard InChI is InChI=1S/C18H23N5.HI/c1-19-18(21-15-16-7-3-2-4-8-16)23-13-11-22(12-14-23)17-9-5-6-10-20-17;/h2-10H,11-15H2,1H3,(H,19,21);1H. The van der Waals surface area contributed by atoms with Crippen molar-refractivity contribution < 1.29 is 0 Å². The van der Waals surface area contributed by atoms with Gasteiger partial charge in [0.05, 0.1) is 0 Å². The van der Waals surface area contributed by atoms with E-state index >= 15 is 0 Å². The molecule has 6 heteroatoms. The molecule has 1 aliphatic heterocycles. The number of piperazine rings is 1. The normalized spacial score (nSPS) is 15.0. The Morgan fingerprint density at radius 2 is 1.75 bits per heavy atom. The van der Waals surface area contributed by atoms with E-state index in [1.807, 2.05) is 31.4 Å². The lowest BCUT2D eigenvalue weighted by atomic mass is 10.2. The molecule has 24 heavy (non-hydrogen) atoms. The van der Waals surface area contributed by atoms with E-state index in [2.05, 4.69) is 55.4 Å². The molecule has 0 radical (unpaired) electrons. The number of nitrogens with one attached hydrogen (secondary N) is 1. The first-order valence-electron chi connectivity index (χ1n) is 8.02. The summed E-state index contributed by atoms with van der Waals surface area (Å²) < 4.78 is 0. The largest absolute Gasteiger partial charge is 0.353 e. The van der Waals surface area contributed by atoms with Crippen molar-refractivity contribution in [2.75, 3.05) is 38.1 Å². The summed E-state index contributed by atoms with van der Waals surface area (Å²) in [5.74, 6) is 2.02. The van der Waals surface area contributed by atoms with Gasteiger partial charge in [-0.3, -0.25) is 4.99 Å². The number of pyridine rings is 1. The van der Waals surface area contributed by atoms with Crippen molar-refractivity contribution in [3.8, 4) is 0 Å². The molecular formula is C18H24IN5. The smallest absolute Gasteiger partial charge is 0.194 e. The Labute approximate surface area is 160 Å². The maximum Gasteiger partial charge on any atom is 0.194 e. The zero-order chi connectivity index (χ0) is 15.9. The van der Waals surface area contributed by atoms with E-state index in [9.17, 15) is 0 Å². The quantitative estimate of drug-likeness (QED) is 0.456. The van der Waals surface area contributed by atoms with Crippen molar-refractivity contribution in [3.05, 3.63) is 60.3 Å². The van der Waals surface area contributed by atoms with Crippen LogP contribution < -0.4 is 10.2 Å². The molecule has 0 saturated carbocycles. The number of hydrogen-bond donors (Lipinski definition) is 1. The van der Waals surface area contributed by atoms with Gasteiger partial charge >= 0.3 is 0 Å². The third kappa shape index (κ3) is 4.83. The first kappa shape index (κ1) is 18.5. The van der Waals surface area contributed by atoms with Crippen LogP contribution in [-0.2, 0) is 6.54 Å². The van der Waals surface area contributed by atoms with Crippen LogP contribution in [-0.4, -0.2) is 49.1 Å². The Hall–Kier alpha value is -1.83. The van der Waals surface area contributed by atoms with Gasteiger partial charge in [-0.1, -0.05) is 36.4 Å².